The van der Waals surface area contributed by atoms with E-state index in [1.807, 2.05) is 6.92 Å². The van der Waals surface area contributed by atoms with Gasteiger partial charge in [-0.15, -0.1) is 0 Å². The topological polar surface area (TPSA) is 49.8 Å². The van der Waals surface area contributed by atoms with E-state index in [2.05, 4.69) is 11.9 Å². The summed E-state index contributed by atoms with van der Waals surface area (Å²) in [5.41, 5.74) is 0.152. The van der Waals surface area contributed by atoms with Gasteiger partial charge in [-0.3, -0.25) is 4.79 Å². The lowest BCUT2D eigenvalue weighted by Gasteiger charge is -2.50. The Bertz CT molecular complexity index is 280. The fourth-order valence-electron chi connectivity index (χ4n) is 3.20. The van der Waals surface area contributed by atoms with Crippen LogP contribution in [-0.2, 0) is 9.53 Å². The number of ether oxygens (including phenoxy) is 1. The molecule has 0 aromatic heterocycles. The minimum absolute atomic E-state index is 0.152. The van der Waals surface area contributed by atoms with Crippen molar-refractivity contribution in [3.05, 3.63) is 0 Å². The Morgan fingerprint density at radius 1 is 1.47 bits per heavy atom. The van der Waals surface area contributed by atoms with E-state index in [1.54, 1.807) is 0 Å². The summed E-state index contributed by atoms with van der Waals surface area (Å²) >= 11 is 0. The number of likely N-dealkylation sites (tertiary alicyclic amines) is 1. The van der Waals surface area contributed by atoms with E-state index in [0.717, 1.165) is 32.7 Å². The molecule has 98 valence electrons. The highest BCUT2D eigenvalue weighted by molar-refractivity contribution is 5.69. The molecule has 2 aliphatic heterocycles. The van der Waals surface area contributed by atoms with Crippen molar-refractivity contribution in [1.29, 1.82) is 0 Å². The van der Waals surface area contributed by atoms with Crippen LogP contribution in [0, 0.1) is 17.3 Å². The van der Waals surface area contributed by atoms with Crippen LogP contribution in [0.3, 0.4) is 0 Å². The third-order valence-corrected chi connectivity index (χ3v) is 4.50. The average Bonchev–Trinajstić information content (AvgIpc) is 2.24. The summed E-state index contributed by atoms with van der Waals surface area (Å²) in [6, 6.07) is 0. The first-order chi connectivity index (χ1) is 8.03. The van der Waals surface area contributed by atoms with Crippen LogP contribution in [0.15, 0.2) is 0 Å². The minimum Gasteiger partial charge on any atom is -0.481 e. The van der Waals surface area contributed by atoms with Crippen molar-refractivity contribution in [3.8, 4) is 0 Å². The quantitative estimate of drug-likeness (QED) is 0.809. The highest BCUT2D eigenvalue weighted by atomic mass is 16.5. The predicted octanol–water partition coefficient (Wildman–Crippen LogP) is 1.46. The van der Waals surface area contributed by atoms with Crippen molar-refractivity contribution in [2.75, 3.05) is 33.4 Å². The number of carboxylic acid groups (broad SMARTS) is 1. The molecular formula is C13H23NO3. The minimum atomic E-state index is -0.677. The summed E-state index contributed by atoms with van der Waals surface area (Å²) in [4.78, 5) is 13.4. The smallest absolute Gasteiger partial charge is 0.306 e. The Morgan fingerprint density at radius 2 is 2.06 bits per heavy atom. The van der Waals surface area contributed by atoms with Crippen molar-refractivity contribution in [1.82, 2.24) is 4.90 Å². The Labute approximate surface area is 103 Å². The van der Waals surface area contributed by atoms with Gasteiger partial charge in [0, 0.05) is 5.41 Å². The first kappa shape index (κ1) is 12.8. The Balaban J connectivity index is 1.97. The van der Waals surface area contributed by atoms with Crippen LogP contribution in [0.25, 0.3) is 0 Å². The van der Waals surface area contributed by atoms with Gasteiger partial charge in [0.15, 0.2) is 0 Å². The molecule has 17 heavy (non-hydrogen) atoms. The molecule has 2 aliphatic rings. The highest BCUT2D eigenvalue weighted by Gasteiger charge is 2.47. The summed E-state index contributed by atoms with van der Waals surface area (Å²) in [5.74, 6) is -0.281. The molecule has 1 N–H and O–H groups in total. The number of hydrogen-bond donors (Lipinski definition) is 1. The normalized spacial score (nSPS) is 27.4. The monoisotopic (exact) mass is 241 g/mol. The number of carbonyl (C=O) groups is 1. The highest BCUT2D eigenvalue weighted by Crippen LogP contribution is 2.46. The fraction of sp³-hybridized carbons (Fsp3) is 0.923. The van der Waals surface area contributed by atoms with Crippen molar-refractivity contribution < 1.29 is 14.6 Å². The van der Waals surface area contributed by atoms with Gasteiger partial charge in [-0.2, -0.15) is 0 Å². The third-order valence-electron chi connectivity index (χ3n) is 4.50. The fourth-order valence-corrected chi connectivity index (χ4v) is 3.20. The molecular weight excluding hydrogens is 218 g/mol. The van der Waals surface area contributed by atoms with Crippen molar-refractivity contribution in [3.63, 3.8) is 0 Å². The molecule has 2 heterocycles. The van der Waals surface area contributed by atoms with Crippen molar-refractivity contribution in [2.24, 2.45) is 17.3 Å². The number of carboxylic acids is 1. The van der Waals surface area contributed by atoms with Crippen LogP contribution in [0.1, 0.15) is 26.2 Å². The average molecular weight is 241 g/mol. The van der Waals surface area contributed by atoms with Crippen LogP contribution in [-0.4, -0.2) is 49.3 Å². The Hall–Kier alpha value is -0.610. The van der Waals surface area contributed by atoms with Gasteiger partial charge in [0.1, 0.15) is 0 Å². The van der Waals surface area contributed by atoms with Gasteiger partial charge in [-0.1, -0.05) is 6.92 Å². The Morgan fingerprint density at radius 3 is 2.47 bits per heavy atom. The van der Waals surface area contributed by atoms with Gasteiger partial charge in [-0.05, 0) is 45.3 Å². The van der Waals surface area contributed by atoms with E-state index >= 15 is 0 Å². The van der Waals surface area contributed by atoms with E-state index in [-0.39, 0.29) is 11.3 Å². The summed E-state index contributed by atoms with van der Waals surface area (Å²) < 4.78 is 5.39. The third kappa shape index (κ3) is 2.63. The summed E-state index contributed by atoms with van der Waals surface area (Å²) in [5, 5.41) is 9.06. The lowest BCUT2D eigenvalue weighted by molar-refractivity contribution is -0.172. The summed E-state index contributed by atoms with van der Waals surface area (Å²) in [6.07, 6.45) is 3.15. The van der Waals surface area contributed by atoms with E-state index in [9.17, 15) is 4.79 Å². The lowest BCUT2D eigenvalue weighted by Crippen LogP contribution is -2.52. The zero-order valence-corrected chi connectivity index (χ0v) is 10.8. The number of nitrogens with zero attached hydrogens (tertiary/aromatic N) is 1. The zero-order chi connectivity index (χ0) is 12.5. The van der Waals surface area contributed by atoms with E-state index in [4.69, 9.17) is 9.84 Å². The SMILES string of the molecule is CC(CC1(C2CCN(C)CC2)COC1)C(=O)O. The van der Waals surface area contributed by atoms with Gasteiger partial charge < -0.3 is 14.7 Å². The molecule has 2 rings (SSSR count). The maximum absolute atomic E-state index is 11.0. The van der Waals surface area contributed by atoms with Crippen LogP contribution >= 0.6 is 0 Å². The first-order valence-corrected chi connectivity index (χ1v) is 6.52. The lowest BCUT2D eigenvalue weighted by atomic mass is 9.65. The molecule has 0 aliphatic carbocycles. The second-order valence-corrected chi connectivity index (χ2v) is 5.88. The summed E-state index contributed by atoms with van der Waals surface area (Å²) in [6.45, 7) is 5.61. The largest absolute Gasteiger partial charge is 0.481 e. The van der Waals surface area contributed by atoms with Gasteiger partial charge in [0.2, 0.25) is 0 Å². The molecule has 4 heteroatoms. The molecule has 1 atom stereocenters. The van der Waals surface area contributed by atoms with Crippen molar-refractivity contribution in [2.45, 2.75) is 26.2 Å². The molecule has 0 aromatic carbocycles. The second-order valence-electron chi connectivity index (χ2n) is 5.88. The molecule has 4 nitrogen and oxygen atoms in total. The van der Waals surface area contributed by atoms with Gasteiger partial charge in [0.25, 0.3) is 0 Å². The van der Waals surface area contributed by atoms with Gasteiger partial charge >= 0.3 is 5.97 Å². The summed E-state index contributed by atoms with van der Waals surface area (Å²) in [7, 11) is 2.15. The first-order valence-electron chi connectivity index (χ1n) is 6.52. The molecule has 0 radical (unpaired) electrons. The number of rotatable bonds is 4. The van der Waals surface area contributed by atoms with E-state index in [1.165, 1.54) is 12.8 Å². The van der Waals surface area contributed by atoms with Crippen LogP contribution in [0.2, 0.25) is 0 Å². The predicted molar refractivity (Wildman–Crippen MR) is 64.9 cm³/mol. The number of piperidine rings is 1. The van der Waals surface area contributed by atoms with Crippen LogP contribution in [0.4, 0.5) is 0 Å². The van der Waals surface area contributed by atoms with E-state index < -0.39 is 5.97 Å². The maximum atomic E-state index is 11.0. The van der Waals surface area contributed by atoms with Gasteiger partial charge in [0.05, 0.1) is 19.1 Å². The molecule has 2 fully saturated rings. The molecule has 2 saturated heterocycles. The molecule has 0 aromatic rings. The molecule has 1 unspecified atom stereocenters. The number of hydrogen-bond acceptors (Lipinski definition) is 3. The standard InChI is InChI=1S/C13H23NO3/c1-10(12(15)16)7-13(8-17-9-13)11-3-5-14(2)6-4-11/h10-11H,3-9H2,1-2H3,(H,15,16). The Kier molecular flexibility index (Phi) is 3.73. The molecule has 0 bridgehead atoms. The second kappa shape index (κ2) is 4.94. The van der Waals surface area contributed by atoms with E-state index in [0.29, 0.717) is 5.92 Å². The van der Waals surface area contributed by atoms with Crippen LogP contribution in [0.5, 0.6) is 0 Å². The maximum Gasteiger partial charge on any atom is 0.306 e. The molecule has 0 saturated carbocycles. The molecule has 0 spiro atoms. The van der Waals surface area contributed by atoms with Crippen molar-refractivity contribution >= 4 is 5.97 Å². The van der Waals surface area contributed by atoms with Gasteiger partial charge in [-0.25, -0.2) is 0 Å². The zero-order valence-electron chi connectivity index (χ0n) is 10.8. The number of aliphatic carboxylic acids is 1. The molecule has 0 amide bonds. The van der Waals surface area contributed by atoms with Crippen LogP contribution < -0.4 is 0 Å².